The molecule has 108 valence electrons. The number of epoxide rings is 1. The molecule has 0 saturated carbocycles. The molecule has 0 radical (unpaired) electrons. The standard InChI is InChI=1S/C9H17NO2S2.C2H7NO/c1-9(2,7-5-12-7)6-10-8(11)3-4-14-13;1-2-4-3/h7,13H,3-6H2,1-2H3,(H,10,11);2-3H2,1H3. The van der Waals surface area contributed by atoms with Gasteiger partial charge in [0.2, 0.25) is 5.91 Å². The molecule has 1 fully saturated rings. The first kappa shape index (κ1) is 18.0. The molecule has 1 heterocycles. The van der Waals surface area contributed by atoms with Gasteiger partial charge in [0, 0.05) is 24.1 Å². The summed E-state index contributed by atoms with van der Waals surface area (Å²) in [6.07, 6.45) is 0.859. The maximum absolute atomic E-state index is 11.3. The van der Waals surface area contributed by atoms with E-state index in [4.69, 9.17) is 4.74 Å². The molecule has 1 aliphatic rings. The molecule has 7 heteroatoms. The van der Waals surface area contributed by atoms with E-state index < -0.39 is 0 Å². The van der Waals surface area contributed by atoms with Crippen molar-refractivity contribution in [1.82, 2.24) is 5.32 Å². The number of amides is 1. The lowest BCUT2D eigenvalue weighted by Gasteiger charge is -2.22. The van der Waals surface area contributed by atoms with Gasteiger partial charge in [-0.25, -0.2) is 5.90 Å². The average molecular weight is 296 g/mol. The van der Waals surface area contributed by atoms with Gasteiger partial charge in [-0.2, -0.15) is 0 Å². The first-order chi connectivity index (χ1) is 8.47. The number of rotatable bonds is 7. The van der Waals surface area contributed by atoms with Crippen LogP contribution in [0.5, 0.6) is 0 Å². The van der Waals surface area contributed by atoms with Crippen molar-refractivity contribution in [1.29, 1.82) is 0 Å². The summed E-state index contributed by atoms with van der Waals surface area (Å²) >= 11 is 3.98. The van der Waals surface area contributed by atoms with Crippen LogP contribution in [0.4, 0.5) is 0 Å². The Morgan fingerprint density at radius 3 is 2.61 bits per heavy atom. The van der Waals surface area contributed by atoms with Gasteiger partial charge in [-0.05, 0) is 6.92 Å². The monoisotopic (exact) mass is 296 g/mol. The van der Waals surface area contributed by atoms with Crippen LogP contribution in [0, 0.1) is 5.41 Å². The van der Waals surface area contributed by atoms with Gasteiger partial charge < -0.3 is 14.9 Å². The fourth-order valence-corrected chi connectivity index (χ4v) is 1.72. The molecule has 1 rings (SSSR count). The van der Waals surface area contributed by atoms with Crippen LogP contribution in [0.2, 0.25) is 0 Å². The number of nitrogens with one attached hydrogen (secondary N) is 1. The third-order valence-electron chi connectivity index (χ3n) is 2.53. The van der Waals surface area contributed by atoms with Crippen LogP contribution in [0.25, 0.3) is 0 Å². The molecule has 1 amide bonds. The van der Waals surface area contributed by atoms with E-state index in [-0.39, 0.29) is 11.3 Å². The van der Waals surface area contributed by atoms with Gasteiger partial charge in [0.15, 0.2) is 0 Å². The Morgan fingerprint density at radius 2 is 2.22 bits per heavy atom. The largest absolute Gasteiger partial charge is 0.372 e. The van der Waals surface area contributed by atoms with E-state index >= 15 is 0 Å². The lowest BCUT2D eigenvalue weighted by molar-refractivity contribution is -0.121. The van der Waals surface area contributed by atoms with Crippen LogP contribution in [-0.4, -0.2) is 37.5 Å². The zero-order chi connectivity index (χ0) is 14.0. The summed E-state index contributed by atoms with van der Waals surface area (Å²) < 4.78 is 5.22. The van der Waals surface area contributed by atoms with Gasteiger partial charge in [-0.1, -0.05) is 24.6 Å². The molecule has 0 aromatic heterocycles. The van der Waals surface area contributed by atoms with E-state index in [1.54, 1.807) is 0 Å². The van der Waals surface area contributed by atoms with Gasteiger partial charge in [-0.15, -0.1) is 11.7 Å². The van der Waals surface area contributed by atoms with Crippen molar-refractivity contribution in [2.45, 2.75) is 33.3 Å². The van der Waals surface area contributed by atoms with Crippen LogP contribution >= 0.6 is 22.5 Å². The molecule has 0 spiro atoms. The summed E-state index contributed by atoms with van der Waals surface area (Å²) in [5.74, 6) is 5.38. The fraction of sp³-hybridized carbons (Fsp3) is 0.909. The Balaban J connectivity index is 0.000000631. The summed E-state index contributed by atoms with van der Waals surface area (Å²) in [5.41, 5.74) is 0.0593. The normalized spacial score (nSPS) is 17.7. The fourth-order valence-electron chi connectivity index (χ4n) is 1.17. The number of hydrogen-bond acceptors (Lipinski definition) is 6. The zero-order valence-electron chi connectivity index (χ0n) is 11.3. The molecule has 1 aliphatic heterocycles. The van der Waals surface area contributed by atoms with Crippen LogP contribution in [0.1, 0.15) is 27.2 Å². The molecule has 1 saturated heterocycles. The van der Waals surface area contributed by atoms with Crippen LogP contribution < -0.4 is 11.2 Å². The van der Waals surface area contributed by atoms with Crippen molar-refractivity contribution in [3.05, 3.63) is 0 Å². The molecule has 3 N–H and O–H groups in total. The third kappa shape index (κ3) is 9.04. The number of thiol groups is 1. The van der Waals surface area contributed by atoms with Gasteiger partial charge in [0.05, 0.1) is 19.3 Å². The first-order valence-corrected chi connectivity index (χ1v) is 7.98. The van der Waals surface area contributed by atoms with Crippen molar-refractivity contribution in [2.24, 2.45) is 11.3 Å². The van der Waals surface area contributed by atoms with Gasteiger partial charge in [0.25, 0.3) is 0 Å². The van der Waals surface area contributed by atoms with Crippen molar-refractivity contribution in [3.8, 4) is 0 Å². The molecule has 1 atom stereocenters. The maximum Gasteiger partial charge on any atom is 0.220 e. The molecule has 0 aromatic carbocycles. The topological polar surface area (TPSA) is 76.9 Å². The van der Waals surface area contributed by atoms with E-state index in [1.807, 2.05) is 6.92 Å². The van der Waals surface area contributed by atoms with Gasteiger partial charge in [0.1, 0.15) is 0 Å². The smallest absolute Gasteiger partial charge is 0.220 e. The second-order valence-electron chi connectivity index (χ2n) is 4.63. The van der Waals surface area contributed by atoms with Crippen molar-refractivity contribution >= 4 is 28.4 Å². The molecule has 0 bridgehead atoms. The second-order valence-corrected chi connectivity index (χ2v) is 6.07. The highest BCUT2D eigenvalue weighted by atomic mass is 33.1. The highest BCUT2D eigenvalue weighted by Crippen LogP contribution is 2.31. The molecule has 18 heavy (non-hydrogen) atoms. The molecule has 0 aromatic rings. The van der Waals surface area contributed by atoms with Crippen molar-refractivity contribution in [2.75, 3.05) is 25.5 Å². The molecular weight excluding hydrogens is 272 g/mol. The summed E-state index contributed by atoms with van der Waals surface area (Å²) in [5, 5.41) is 2.91. The predicted molar refractivity (Wildman–Crippen MR) is 78.4 cm³/mol. The minimum Gasteiger partial charge on any atom is -0.372 e. The molecule has 5 nitrogen and oxygen atoms in total. The Bertz CT molecular complexity index is 234. The van der Waals surface area contributed by atoms with Gasteiger partial charge >= 0.3 is 0 Å². The SMILES string of the molecule is CC(C)(CNC(=O)CCSS)C1CO1.CCON. The quantitative estimate of drug-likeness (QED) is 0.286. The maximum atomic E-state index is 11.3. The van der Waals surface area contributed by atoms with Crippen LogP contribution in [-0.2, 0) is 14.4 Å². The van der Waals surface area contributed by atoms with Crippen LogP contribution in [0.3, 0.4) is 0 Å². The van der Waals surface area contributed by atoms with E-state index in [9.17, 15) is 4.79 Å². The third-order valence-corrected chi connectivity index (χ3v) is 3.47. The summed E-state index contributed by atoms with van der Waals surface area (Å²) in [6, 6.07) is 0. The van der Waals surface area contributed by atoms with E-state index in [0.29, 0.717) is 25.7 Å². The summed E-state index contributed by atoms with van der Waals surface area (Å²) in [4.78, 5) is 15.3. The minimum atomic E-state index is 0.0593. The number of nitrogens with two attached hydrogens (primary N) is 1. The highest BCUT2D eigenvalue weighted by molar-refractivity contribution is 8.68. The number of carbonyl (C=O) groups is 1. The second kappa shape index (κ2) is 9.91. The first-order valence-electron chi connectivity index (χ1n) is 5.94. The molecular formula is C11H24N2O3S2. The van der Waals surface area contributed by atoms with E-state index in [1.165, 1.54) is 10.8 Å². The molecule has 0 aliphatic carbocycles. The van der Waals surface area contributed by atoms with Gasteiger partial charge in [-0.3, -0.25) is 4.79 Å². The Hall–Kier alpha value is 0.0500. The van der Waals surface area contributed by atoms with E-state index in [0.717, 1.165) is 12.4 Å². The van der Waals surface area contributed by atoms with Crippen LogP contribution in [0.15, 0.2) is 0 Å². The summed E-state index contributed by atoms with van der Waals surface area (Å²) in [6.45, 7) is 8.17. The zero-order valence-corrected chi connectivity index (χ0v) is 13.0. The summed E-state index contributed by atoms with van der Waals surface area (Å²) in [7, 11) is 1.39. The Labute approximate surface area is 118 Å². The number of hydrogen-bond donors (Lipinski definition) is 3. The molecule has 1 unspecified atom stereocenters. The predicted octanol–water partition coefficient (Wildman–Crippen LogP) is 1.39. The van der Waals surface area contributed by atoms with Crippen molar-refractivity contribution in [3.63, 3.8) is 0 Å². The minimum absolute atomic E-state index is 0.0593. The van der Waals surface area contributed by atoms with E-state index in [2.05, 4.69) is 41.6 Å². The highest BCUT2D eigenvalue weighted by Gasteiger charge is 2.39. The average Bonchev–Trinajstić information content (AvgIpc) is 3.18. The Kier molecular flexibility index (Phi) is 9.94. The number of carbonyl (C=O) groups excluding carboxylic acids is 1. The van der Waals surface area contributed by atoms with Crippen molar-refractivity contribution < 1.29 is 14.4 Å². The number of ether oxygens (including phenoxy) is 1. The lowest BCUT2D eigenvalue weighted by atomic mass is 9.89. The Morgan fingerprint density at radius 1 is 1.67 bits per heavy atom. The lowest BCUT2D eigenvalue weighted by Crippen LogP contribution is -2.37.